The number of hydrogen-bond acceptors (Lipinski definition) is 1. The van der Waals surface area contributed by atoms with E-state index in [2.05, 4.69) is 9.72 Å². The van der Waals surface area contributed by atoms with Crippen LogP contribution >= 0.6 is 0 Å². The SMILES string of the molecule is FC(F)(F)Oc1cccc2c(C3CC4CCC3C4)c[nH]c12. The van der Waals surface area contributed by atoms with Crippen LogP contribution in [0.3, 0.4) is 0 Å². The van der Waals surface area contributed by atoms with Crippen LogP contribution in [0.1, 0.15) is 37.2 Å². The number of fused-ring (bicyclic) bond motifs is 3. The number of aromatic amines is 1. The van der Waals surface area contributed by atoms with Crippen molar-refractivity contribution in [2.75, 3.05) is 0 Å². The molecular weight excluding hydrogens is 279 g/mol. The number of hydrogen-bond donors (Lipinski definition) is 1. The summed E-state index contributed by atoms with van der Waals surface area (Å²) in [5.74, 6) is 1.84. The zero-order valence-electron chi connectivity index (χ0n) is 11.4. The fourth-order valence-electron chi connectivity index (χ4n) is 4.29. The van der Waals surface area contributed by atoms with E-state index in [0.29, 0.717) is 17.4 Å². The van der Waals surface area contributed by atoms with Gasteiger partial charge in [0.2, 0.25) is 0 Å². The maximum atomic E-state index is 12.5. The zero-order chi connectivity index (χ0) is 14.6. The number of ether oxygens (including phenoxy) is 1. The molecule has 2 nitrogen and oxygen atoms in total. The van der Waals surface area contributed by atoms with E-state index in [1.165, 1.54) is 31.7 Å². The van der Waals surface area contributed by atoms with Crippen molar-refractivity contribution < 1.29 is 17.9 Å². The Morgan fingerprint density at radius 3 is 2.67 bits per heavy atom. The molecular formula is C16H16F3NO. The van der Waals surface area contributed by atoms with Crippen molar-refractivity contribution in [2.24, 2.45) is 11.8 Å². The standard InChI is InChI=1S/C16H16F3NO/c17-16(18,19)21-14-3-1-2-11-13(8-20-15(11)14)12-7-9-4-5-10(12)6-9/h1-3,8-10,12,20H,4-7H2. The fourth-order valence-corrected chi connectivity index (χ4v) is 4.29. The van der Waals surface area contributed by atoms with Gasteiger partial charge in [-0.05, 0) is 48.6 Å². The Balaban J connectivity index is 1.74. The van der Waals surface area contributed by atoms with Crippen LogP contribution in [0.5, 0.6) is 5.75 Å². The first-order valence-electron chi connectivity index (χ1n) is 7.37. The molecule has 2 bridgehead atoms. The van der Waals surface area contributed by atoms with Crippen molar-refractivity contribution >= 4 is 10.9 Å². The molecule has 2 aromatic rings. The number of nitrogens with one attached hydrogen (secondary N) is 1. The van der Waals surface area contributed by atoms with Gasteiger partial charge in [0.05, 0.1) is 5.52 Å². The summed E-state index contributed by atoms with van der Waals surface area (Å²) in [7, 11) is 0. The van der Waals surface area contributed by atoms with E-state index in [1.54, 1.807) is 6.07 Å². The summed E-state index contributed by atoms with van der Waals surface area (Å²) in [5.41, 5.74) is 1.61. The van der Waals surface area contributed by atoms with Crippen molar-refractivity contribution in [1.29, 1.82) is 0 Å². The minimum absolute atomic E-state index is 0.144. The van der Waals surface area contributed by atoms with Gasteiger partial charge in [0, 0.05) is 11.6 Å². The van der Waals surface area contributed by atoms with Gasteiger partial charge in [-0.3, -0.25) is 0 Å². The van der Waals surface area contributed by atoms with Crippen LogP contribution in [0, 0.1) is 11.8 Å². The zero-order valence-corrected chi connectivity index (χ0v) is 11.4. The van der Waals surface area contributed by atoms with E-state index in [4.69, 9.17) is 0 Å². The van der Waals surface area contributed by atoms with Crippen LogP contribution in [-0.2, 0) is 0 Å². The third-order valence-corrected chi connectivity index (χ3v) is 5.07. The molecule has 3 unspecified atom stereocenters. The normalized spacial score (nSPS) is 28.4. The predicted octanol–water partition coefficient (Wildman–Crippen LogP) is 4.97. The van der Waals surface area contributed by atoms with Crippen molar-refractivity contribution in [2.45, 2.75) is 38.0 Å². The molecule has 1 heterocycles. The predicted molar refractivity (Wildman–Crippen MR) is 73.2 cm³/mol. The Morgan fingerprint density at radius 1 is 1.14 bits per heavy atom. The molecule has 1 aromatic carbocycles. The summed E-state index contributed by atoms with van der Waals surface area (Å²) in [4.78, 5) is 2.99. The highest BCUT2D eigenvalue weighted by molar-refractivity contribution is 5.89. The molecule has 3 atom stereocenters. The lowest BCUT2D eigenvalue weighted by molar-refractivity contribution is -0.274. The van der Waals surface area contributed by atoms with Crippen LogP contribution in [-0.4, -0.2) is 11.3 Å². The summed E-state index contributed by atoms with van der Waals surface area (Å²) in [6.07, 6.45) is 2.22. The van der Waals surface area contributed by atoms with Crippen LogP contribution in [0.2, 0.25) is 0 Å². The Bertz CT molecular complexity index is 676. The number of halogens is 3. The van der Waals surface area contributed by atoms with Gasteiger partial charge in [-0.2, -0.15) is 0 Å². The maximum absolute atomic E-state index is 12.5. The molecule has 112 valence electrons. The van der Waals surface area contributed by atoms with Crippen LogP contribution in [0.25, 0.3) is 10.9 Å². The molecule has 1 aromatic heterocycles. The molecule has 0 saturated heterocycles. The summed E-state index contributed by atoms with van der Waals surface area (Å²) in [5, 5.41) is 0.870. The van der Waals surface area contributed by atoms with Gasteiger partial charge in [-0.15, -0.1) is 13.2 Å². The van der Waals surface area contributed by atoms with Gasteiger partial charge in [-0.1, -0.05) is 18.6 Å². The van der Waals surface area contributed by atoms with Gasteiger partial charge in [0.25, 0.3) is 0 Å². The van der Waals surface area contributed by atoms with Crippen LogP contribution < -0.4 is 4.74 Å². The lowest BCUT2D eigenvalue weighted by atomic mass is 9.83. The molecule has 2 aliphatic carbocycles. The highest BCUT2D eigenvalue weighted by atomic mass is 19.4. The molecule has 4 rings (SSSR count). The number of para-hydroxylation sites is 1. The fraction of sp³-hybridized carbons (Fsp3) is 0.500. The van der Waals surface area contributed by atoms with E-state index >= 15 is 0 Å². The molecule has 1 N–H and O–H groups in total. The lowest BCUT2D eigenvalue weighted by Gasteiger charge is -2.21. The monoisotopic (exact) mass is 295 g/mol. The van der Waals surface area contributed by atoms with Crippen molar-refractivity contribution in [3.8, 4) is 5.75 Å². The third-order valence-electron chi connectivity index (χ3n) is 5.07. The maximum Gasteiger partial charge on any atom is 0.573 e. The van der Waals surface area contributed by atoms with E-state index in [-0.39, 0.29) is 5.75 Å². The first-order valence-corrected chi connectivity index (χ1v) is 7.37. The Kier molecular flexibility index (Phi) is 2.75. The Morgan fingerprint density at radius 2 is 2.00 bits per heavy atom. The van der Waals surface area contributed by atoms with E-state index in [9.17, 15) is 13.2 Å². The minimum Gasteiger partial charge on any atom is -0.404 e. The van der Waals surface area contributed by atoms with Gasteiger partial charge in [-0.25, -0.2) is 0 Å². The van der Waals surface area contributed by atoms with E-state index < -0.39 is 6.36 Å². The summed E-state index contributed by atoms with van der Waals surface area (Å²) in [6, 6.07) is 4.88. The molecule has 2 fully saturated rings. The molecule has 2 aliphatic rings. The number of benzene rings is 1. The second-order valence-electron chi connectivity index (χ2n) is 6.25. The van der Waals surface area contributed by atoms with Gasteiger partial charge in [0.1, 0.15) is 0 Å². The van der Waals surface area contributed by atoms with Gasteiger partial charge < -0.3 is 9.72 Å². The quantitative estimate of drug-likeness (QED) is 0.831. The number of aromatic nitrogens is 1. The molecule has 0 aliphatic heterocycles. The number of rotatable bonds is 2. The molecule has 0 spiro atoms. The topological polar surface area (TPSA) is 25.0 Å². The average Bonchev–Trinajstić information content (AvgIpc) is 3.11. The van der Waals surface area contributed by atoms with E-state index in [1.807, 2.05) is 12.3 Å². The molecule has 21 heavy (non-hydrogen) atoms. The number of alkyl halides is 3. The lowest BCUT2D eigenvalue weighted by Crippen LogP contribution is -2.17. The molecule has 2 saturated carbocycles. The van der Waals surface area contributed by atoms with E-state index in [0.717, 1.165) is 16.9 Å². The first-order chi connectivity index (χ1) is 10.0. The van der Waals surface area contributed by atoms with Gasteiger partial charge in [0.15, 0.2) is 5.75 Å². The third kappa shape index (κ3) is 2.19. The highest BCUT2D eigenvalue weighted by Crippen LogP contribution is 2.54. The first kappa shape index (κ1) is 13.0. The second-order valence-corrected chi connectivity index (χ2v) is 6.25. The van der Waals surface area contributed by atoms with Gasteiger partial charge >= 0.3 is 6.36 Å². The minimum atomic E-state index is -4.66. The van der Waals surface area contributed by atoms with Crippen LogP contribution in [0.15, 0.2) is 24.4 Å². The van der Waals surface area contributed by atoms with Crippen molar-refractivity contribution in [3.05, 3.63) is 30.0 Å². The molecule has 5 heteroatoms. The smallest absolute Gasteiger partial charge is 0.404 e. The van der Waals surface area contributed by atoms with Crippen molar-refractivity contribution in [1.82, 2.24) is 4.98 Å². The van der Waals surface area contributed by atoms with Crippen LogP contribution in [0.4, 0.5) is 13.2 Å². The summed E-state index contributed by atoms with van der Waals surface area (Å²) in [6.45, 7) is 0. The largest absolute Gasteiger partial charge is 0.573 e. The molecule has 0 amide bonds. The Labute approximate surface area is 120 Å². The average molecular weight is 295 g/mol. The Hall–Kier alpha value is -1.65. The molecule has 0 radical (unpaired) electrons. The van der Waals surface area contributed by atoms with Crippen molar-refractivity contribution in [3.63, 3.8) is 0 Å². The number of H-pyrrole nitrogens is 1. The summed E-state index contributed by atoms with van der Waals surface area (Å²) < 4.78 is 41.5. The second kappa shape index (κ2) is 4.42. The summed E-state index contributed by atoms with van der Waals surface area (Å²) >= 11 is 0. The highest BCUT2D eigenvalue weighted by Gasteiger charge is 2.41.